The number of fused-ring (bicyclic) bond motifs is 1. The fourth-order valence-corrected chi connectivity index (χ4v) is 3.28. The van der Waals surface area contributed by atoms with Gasteiger partial charge >= 0.3 is 0 Å². The molecule has 0 aliphatic carbocycles. The molecule has 112 valence electrons. The van der Waals surface area contributed by atoms with Crippen LogP contribution in [0.3, 0.4) is 0 Å². The Morgan fingerprint density at radius 1 is 1.24 bits per heavy atom. The average molecular weight is 284 g/mol. The molecule has 1 aliphatic heterocycles. The van der Waals surface area contributed by atoms with Crippen molar-refractivity contribution in [1.29, 1.82) is 0 Å². The van der Waals surface area contributed by atoms with Gasteiger partial charge in [-0.3, -0.25) is 4.98 Å². The Kier molecular flexibility index (Phi) is 3.96. The lowest BCUT2D eigenvalue weighted by Gasteiger charge is -2.39. The molecule has 1 fully saturated rings. The molecule has 0 spiro atoms. The van der Waals surface area contributed by atoms with Crippen molar-refractivity contribution in [2.45, 2.75) is 32.3 Å². The predicted molar refractivity (Wildman–Crippen MR) is 86.2 cm³/mol. The van der Waals surface area contributed by atoms with Crippen molar-refractivity contribution in [2.75, 3.05) is 19.6 Å². The molecule has 0 amide bonds. The number of piperidine rings is 1. The summed E-state index contributed by atoms with van der Waals surface area (Å²) in [6, 6.07) is 10.2. The second kappa shape index (κ2) is 5.74. The van der Waals surface area contributed by atoms with E-state index in [9.17, 15) is 5.11 Å². The third kappa shape index (κ3) is 3.09. The van der Waals surface area contributed by atoms with Crippen LogP contribution in [0, 0.1) is 5.92 Å². The van der Waals surface area contributed by atoms with Gasteiger partial charge in [0.1, 0.15) is 0 Å². The predicted octanol–water partition coefficient (Wildman–Crippen LogP) is 3.17. The second-order valence-corrected chi connectivity index (χ2v) is 6.64. The van der Waals surface area contributed by atoms with Gasteiger partial charge in [-0.2, -0.15) is 0 Å². The molecule has 0 atom stereocenters. The van der Waals surface area contributed by atoms with Crippen molar-refractivity contribution in [2.24, 2.45) is 5.92 Å². The summed E-state index contributed by atoms with van der Waals surface area (Å²) in [5.74, 6) is 0.683. The van der Waals surface area contributed by atoms with Crippen LogP contribution >= 0.6 is 0 Å². The first-order chi connectivity index (χ1) is 10.1. The number of hydrogen-bond donors (Lipinski definition) is 1. The number of hydrogen-bond acceptors (Lipinski definition) is 3. The van der Waals surface area contributed by atoms with Crippen molar-refractivity contribution < 1.29 is 5.11 Å². The highest BCUT2D eigenvalue weighted by Gasteiger charge is 2.34. The van der Waals surface area contributed by atoms with Gasteiger partial charge in [-0.25, -0.2) is 0 Å². The van der Waals surface area contributed by atoms with E-state index in [1.165, 1.54) is 0 Å². The maximum atomic E-state index is 11.0. The van der Waals surface area contributed by atoms with Crippen LogP contribution in [0.2, 0.25) is 0 Å². The smallest absolute Gasteiger partial charge is 0.0921 e. The van der Waals surface area contributed by atoms with Crippen molar-refractivity contribution in [3.63, 3.8) is 0 Å². The second-order valence-electron chi connectivity index (χ2n) is 6.64. The van der Waals surface area contributed by atoms with Gasteiger partial charge in [0, 0.05) is 31.2 Å². The van der Waals surface area contributed by atoms with Gasteiger partial charge < -0.3 is 10.0 Å². The van der Waals surface area contributed by atoms with E-state index in [4.69, 9.17) is 0 Å². The standard InChI is InChI=1S/C18H24N2O/c1-14(2)13-20-10-7-18(21,8-11-20)16-5-6-17-15(12-16)4-3-9-19-17/h3-6,9,12,14,21H,7-8,10-11,13H2,1-2H3. The minimum Gasteiger partial charge on any atom is -0.385 e. The van der Waals surface area contributed by atoms with Crippen LogP contribution in [0.15, 0.2) is 36.5 Å². The maximum Gasteiger partial charge on any atom is 0.0921 e. The Morgan fingerprint density at radius 3 is 2.71 bits per heavy atom. The molecule has 2 heterocycles. The van der Waals surface area contributed by atoms with Crippen LogP contribution in [0.5, 0.6) is 0 Å². The zero-order valence-electron chi connectivity index (χ0n) is 12.9. The highest BCUT2D eigenvalue weighted by atomic mass is 16.3. The molecule has 3 heteroatoms. The first-order valence-electron chi connectivity index (χ1n) is 7.87. The minimum atomic E-state index is -0.683. The van der Waals surface area contributed by atoms with E-state index in [1.807, 2.05) is 18.2 Å². The topological polar surface area (TPSA) is 36.4 Å². The van der Waals surface area contributed by atoms with Crippen molar-refractivity contribution in [1.82, 2.24) is 9.88 Å². The van der Waals surface area contributed by atoms with E-state index in [1.54, 1.807) is 6.20 Å². The first kappa shape index (κ1) is 14.5. The summed E-state index contributed by atoms with van der Waals surface area (Å²) in [7, 11) is 0. The summed E-state index contributed by atoms with van der Waals surface area (Å²) in [6.45, 7) is 7.56. The Balaban J connectivity index is 1.79. The van der Waals surface area contributed by atoms with Gasteiger partial charge in [0.05, 0.1) is 11.1 Å². The summed E-state index contributed by atoms with van der Waals surface area (Å²) < 4.78 is 0. The lowest BCUT2D eigenvalue weighted by molar-refractivity contribution is -0.0278. The number of likely N-dealkylation sites (tertiary alicyclic amines) is 1. The molecule has 3 rings (SSSR count). The highest BCUT2D eigenvalue weighted by molar-refractivity contribution is 5.79. The summed E-state index contributed by atoms with van der Waals surface area (Å²) >= 11 is 0. The van der Waals surface area contributed by atoms with Crippen LogP contribution in [0.1, 0.15) is 32.3 Å². The van der Waals surface area contributed by atoms with E-state index in [-0.39, 0.29) is 0 Å². The lowest BCUT2D eigenvalue weighted by Crippen LogP contribution is -2.43. The Labute approximate surface area is 126 Å². The van der Waals surface area contributed by atoms with Crippen molar-refractivity contribution in [3.8, 4) is 0 Å². The van der Waals surface area contributed by atoms with Gasteiger partial charge in [0.15, 0.2) is 0 Å². The zero-order chi connectivity index (χ0) is 14.9. The summed E-state index contributed by atoms with van der Waals surface area (Å²) in [4.78, 5) is 6.81. The molecule has 0 unspecified atom stereocenters. The molecular weight excluding hydrogens is 260 g/mol. The Bertz CT molecular complexity index is 615. The third-order valence-corrected chi connectivity index (χ3v) is 4.45. The van der Waals surface area contributed by atoms with Crippen LogP contribution in [-0.2, 0) is 5.60 Å². The van der Waals surface area contributed by atoms with Crippen molar-refractivity contribution in [3.05, 3.63) is 42.1 Å². The molecular formula is C18H24N2O. The van der Waals surface area contributed by atoms with Gasteiger partial charge in [0.25, 0.3) is 0 Å². The number of aromatic nitrogens is 1. The molecule has 0 radical (unpaired) electrons. The molecule has 0 saturated carbocycles. The molecule has 1 N–H and O–H groups in total. The van der Waals surface area contributed by atoms with Crippen molar-refractivity contribution >= 4 is 10.9 Å². The molecule has 21 heavy (non-hydrogen) atoms. The molecule has 2 aromatic rings. The monoisotopic (exact) mass is 284 g/mol. The maximum absolute atomic E-state index is 11.0. The number of benzene rings is 1. The summed E-state index contributed by atoms with van der Waals surface area (Å²) in [5.41, 5.74) is 1.34. The summed E-state index contributed by atoms with van der Waals surface area (Å²) in [6.07, 6.45) is 3.43. The van der Waals surface area contributed by atoms with Gasteiger partial charge in [-0.1, -0.05) is 26.0 Å². The Hall–Kier alpha value is -1.45. The molecule has 3 nitrogen and oxygen atoms in total. The van der Waals surface area contributed by atoms with E-state index in [0.29, 0.717) is 5.92 Å². The number of nitrogens with zero attached hydrogens (tertiary/aromatic N) is 2. The van der Waals surface area contributed by atoms with E-state index < -0.39 is 5.60 Å². The van der Waals surface area contributed by atoms with Crippen LogP contribution in [0.25, 0.3) is 10.9 Å². The third-order valence-electron chi connectivity index (χ3n) is 4.45. The largest absolute Gasteiger partial charge is 0.385 e. The Morgan fingerprint density at radius 2 is 2.00 bits per heavy atom. The fraction of sp³-hybridized carbons (Fsp3) is 0.500. The molecule has 1 aliphatic rings. The van der Waals surface area contributed by atoms with Gasteiger partial charge in [0.2, 0.25) is 0 Å². The molecule has 1 aromatic heterocycles. The fourth-order valence-electron chi connectivity index (χ4n) is 3.28. The minimum absolute atomic E-state index is 0.683. The highest BCUT2D eigenvalue weighted by Crippen LogP contribution is 2.34. The zero-order valence-corrected chi connectivity index (χ0v) is 12.9. The van der Waals surface area contributed by atoms with Gasteiger partial charge in [-0.15, -0.1) is 0 Å². The number of pyridine rings is 1. The normalized spacial score (nSPS) is 19.2. The SMILES string of the molecule is CC(C)CN1CCC(O)(c2ccc3ncccc3c2)CC1. The van der Waals surface area contributed by atoms with Gasteiger partial charge in [-0.05, 0) is 42.5 Å². The number of aliphatic hydroxyl groups is 1. The number of rotatable bonds is 3. The molecule has 0 bridgehead atoms. The van der Waals surface area contributed by atoms with E-state index in [2.05, 4.69) is 35.9 Å². The quantitative estimate of drug-likeness (QED) is 0.940. The van der Waals surface area contributed by atoms with Crippen LogP contribution in [0.4, 0.5) is 0 Å². The molecule has 1 saturated heterocycles. The van der Waals surface area contributed by atoms with E-state index >= 15 is 0 Å². The van der Waals surface area contributed by atoms with Crippen LogP contribution in [-0.4, -0.2) is 34.6 Å². The van der Waals surface area contributed by atoms with E-state index in [0.717, 1.165) is 48.9 Å². The van der Waals surface area contributed by atoms with Crippen LogP contribution < -0.4 is 0 Å². The molecule has 1 aromatic carbocycles. The summed E-state index contributed by atoms with van der Waals surface area (Å²) in [5, 5.41) is 12.1. The first-order valence-corrected chi connectivity index (χ1v) is 7.87. The lowest BCUT2D eigenvalue weighted by atomic mass is 9.83. The average Bonchev–Trinajstić information content (AvgIpc) is 2.49.